The molecular weight excluding hydrogens is 550 g/mol. The van der Waals surface area contributed by atoms with E-state index in [-0.39, 0.29) is 24.5 Å². The van der Waals surface area contributed by atoms with Crippen LogP contribution in [0.25, 0.3) is 6.08 Å². The maximum atomic E-state index is 13.9. The van der Waals surface area contributed by atoms with E-state index >= 15 is 0 Å². The normalized spacial score (nSPS) is 10.9. The van der Waals surface area contributed by atoms with Crippen molar-refractivity contribution in [3.05, 3.63) is 92.3 Å². The summed E-state index contributed by atoms with van der Waals surface area (Å²) < 4.78 is 31.0. The second-order valence-electron chi connectivity index (χ2n) is 7.11. The lowest BCUT2D eigenvalue weighted by Gasteiger charge is -2.14. The lowest BCUT2D eigenvalue weighted by atomic mass is 10.1. The third kappa shape index (κ3) is 6.48. The molecular formula is C26H22FIN2O4. The highest BCUT2D eigenvalue weighted by molar-refractivity contribution is 14.1. The summed E-state index contributed by atoms with van der Waals surface area (Å²) in [5.41, 5.74) is 1.84. The fraction of sp³-hybridized carbons (Fsp3) is 0.154. The van der Waals surface area contributed by atoms with Crippen LogP contribution < -0.4 is 19.5 Å². The molecule has 6 nitrogen and oxygen atoms in total. The van der Waals surface area contributed by atoms with Gasteiger partial charge < -0.3 is 19.5 Å². The van der Waals surface area contributed by atoms with Crippen molar-refractivity contribution in [1.82, 2.24) is 5.32 Å². The van der Waals surface area contributed by atoms with Gasteiger partial charge in [0.25, 0.3) is 5.91 Å². The first-order chi connectivity index (χ1) is 16.4. The summed E-state index contributed by atoms with van der Waals surface area (Å²) in [6, 6.07) is 19.0. The van der Waals surface area contributed by atoms with E-state index in [1.54, 1.807) is 49.6 Å². The molecule has 0 saturated heterocycles. The standard InChI is InChI=1S/C26H22FIN2O4/c1-32-21-9-7-17(8-10-21)15-30-26(31)20(14-29)11-18-12-23(28)25(24(13-18)33-2)34-16-19-5-3-4-6-22(19)27/h3-13H,15-16H2,1-2H3,(H,30,31)/b20-11-. The Kier molecular flexibility index (Phi) is 8.87. The second kappa shape index (κ2) is 12.0. The zero-order valence-corrected chi connectivity index (χ0v) is 20.8. The van der Waals surface area contributed by atoms with E-state index < -0.39 is 5.91 Å². The first kappa shape index (κ1) is 25.1. The van der Waals surface area contributed by atoms with Crippen LogP contribution in [0.3, 0.4) is 0 Å². The molecule has 0 aliphatic carbocycles. The number of hydrogen-bond acceptors (Lipinski definition) is 5. The van der Waals surface area contributed by atoms with Crippen molar-refractivity contribution >= 4 is 34.6 Å². The van der Waals surface area contributed by atoms with Crippen molar-refractivity contribution in [3.63, 3.8) is 0 Å². The summed E-state index contributed by atoms with van der Waals surface area (Å²) in [5, 5.41) is 12.3. The summed E-state index contributed by atoms with van der Waals surface area (Å²) >= 11 is 2.07. The van der Waals surface area contributed by atoms with Crippen molar-refractivity contribution in [3.8, 4) is 23.3 Å². The molecule has 0 aliphatic rings. The zero-order valence-electron chi connectivity index (χ0n) is 18.6. The highest BCUT2D eigenvalue weighted by atomic mass is 127. The van der Waals surface area contributed by atoms with E-state index in [1.807, 2.05) is 18.2 Å². The maximum absolute atomic E-state index is 13.9. The van der Waals surface area contributed by atoms with Crippen molar-refractivity contribution in [2.24, 2.45) is 0 Å². The average Bonchev–Trinajstić information content (AvgIpc) is 2.86. The number of benzene rings is 3. The van der Waals surface area contributed by atoms with Crippen LogP contribution in [0.4, 0.5) is 4.39 Å². The number of hydrogen-bond donors (Lipinski definition) is 1. The molecule has 0 aliphatic heterocycles. The molecule has 1 N–H and O–H groups in total. The number of nitriles is 1. The monoisotopic (exact) mass is 572 g/mol. The number of amides is 1. The van der Waals surface area contributed by atoms with E-state index in [2.05, 4.69) is 27.9 Å². The van der Waals surface area contributed by atoms with Gasteiger partial charge in [0.1, 0.15) is 29.8 Å². The first-order valence-electron chi connectivity index (χ1n) is 10.2. The van der Waals surface area contributed by atoms with Crippen LogP contribution in [-0.2, 0) is 17.9 Å². The largest absolute Gasteiger partial charge is 0.497 e. The Hall–Kier alpha value is -3.58. The molecule has 0 aromatic heterocycles. The summed E-state index contributed by atoms with van der Waals surface area (Å²) in [7, 11) is 3.07. The van der Waals surface area contributed by atoms with Gasteiger partial charge in [-0.15, -0.1) is 0 Å². The Balaban J connectivity index is 1.74. The van der Waals surface area contributed by atoms with Crippen LogP contribution in [0.15, 0.2) is 66.2 Å². The average molecular weight is 572 g/mol. The number of ether oxygens (including phenoxy) is 3. The summed E-state index contributed by atoms with van der Waals surface area (Å²) in [6.07, 6.45) is 1.48. The van der Waals surface area contributed by atoms with Crippen LogP contribution in [-0.4, -0.2) is 20.1 Å². The number of nitrogens with one attached hydrogen (secondary N) is 1. The molecule has 0 unspecified atom stereocenters. The molecule has 34 heavy (non-hydrogen) atoms. The second-order valence-corrected chi connectivity index (χ2v) is 8.28. The number of carbonyl (C=O) groups excluding carboxylic acids is 1. The molecule has 0 heterocycles. The fourth-order valence-corrected chi connectivity index (χ4v) is 3.85. The lowest BCUT2D eigenvalue weighted by Crippen LogP contribution is -2.23. The zero-order chi connectivity index (χ0) is 24.5. The molecule has 3 aromatic rings. The van der Waals surface area contributed by atoms with Crippen LogP contribution in [0.1, 0.15) is 16.7 Å². The highest BCUT2D eigenvalue weighted by Gasteiger charge is 2.15. The predicted octanol–water partition coefficient (Wildman–Crippen LogP) is 5.25. The Morgan fingerprint density at radius 2 is 1.85 bits per heavy atom. The first-order valence-corrected chi connectivity index (χ1v) is 11.3. The molecule has 0 saturated carbocycles. The lowest BCUT2D eigenvalue weighted by molar-refractivity contribution is -0.117. The van der Waals surface area contributed by atoms with Gasteiger partial charge in [0.05, 0.1) is 17.8 Å². The van der Waals surface area contributed by atoms with Crippen LogP contribution in [0, 0.1) is 20.7 Å². The van der Waals surface area contributed by atoms with Gasteiger partial charge in [0.2, 0.25) is 0 Å². The quantitative estimate of drug-likeness (QED) is 0.215. The van der Waals surface area contributed by atoms with Gasteiger partial charge in [0, 0.05) is 12.1 Å². The van der Waals surface area contributed by atoms with Gasteiger partial charge >= 0.3 is 0 Å². The molecule has 174 valence electrons. The number of carbonyl (C=O) groups is 1. The van der Waals surface area contributed by atoms with Gasteiger partial charge in [-0.25, -0.2) is 4.39 Å². The molecule has 0 fully saturated rings. The number of rotatable bonds is 9. The topological polar surface area (TPSA) is 80.6 Å². The van der Waals surface area contributed by atoms with E-state index in [4.69, 9.17) is 14.2 Å². The Morgan fingerprint density at radius 3 is 2.50 bits per heavy atom. The molecule has 0 bridgehead atoms. The highest BCUT2D eigenvalue weighted by Crippen LogP contribution is 2.35. The van der Waals surface area contributed by atoms with Crippen molar-refractivity contribution in [1.29, 1.82) is 5.26 Å². The molecule has 1 amide bonds. The summed E-state index contributed by atoms with van der Waals surface area (Å²) in [6.45, 7) is 0.303. The minimum Gasteiger partial charge on any atom is -0.497 e. The van der Waals surface area contributed by atoms with E-state index in [1.165, 1.54) is 19.3 Å². The van der Waals surface area contributed by atoms with E-state index in [0.29, 0.717) is 26.2 Å². The van der Waals surface area contributed by atoms with E-state index in [0.717, 1.165) is 11.3 Å². The minimum absolute atomic E-state index is 0.0332. The number of halogens is 2. The predicted molar refractivity (Wildman–Crippen MR) is 135 cm³/mol. The van der Waals surface area contributed by atoms with Crippen molar-refractivity contribution in [2.75, 3.05) is 14.2 Å². The van der Waals surface area contributed by atoms with Crippen LogP contribution in [0.2, 0.25) is 0 Å². The Bertz CT molecular complexity index is 1240. The third-order valence-corrected chi connectivity index (χ3v) is 5.67. The SMILES string of the molecule is COc1ccc(CNC(=O)/C(C#N)=C\c2cc(I)c(OCc3ccccc3F)c(OC)c2)cc1. The summed E-state index contributed by atoms with van der Waals surface area (Å²) in [4.78, 5) is 12.6. The van der Waals surface area contributed by atoms with Crippen molar-refractivity contribution < 1.29 is 23.4 Å². The minimum atomic E-state index is -0.493. The van der Waals surface area contributed by atoms with E-state index in [9.17, 15) is 14.4 Å². The maximum Gasteiger partial charge on any atom is 0.262 e. The van der Waals surface area contributed by atoms with Gasteiger partial charge in [0.15, 0.2) is 11.5 Å². The third-order valence-electron chi connectivity index (χ3n) is 4.87. The van der Waals surface area contributed by atoms with Gasteiger partial charge in [-0.3, -0.25) is 4.79 Å². The number of nitrogens with zero attached hydrogens (tertiary/aromatic N) is 1. The fourth-order valence-electron chi connectivity index (χ4n) is 3.06. The molecule has 8 heteroatoms. The van der Waals surface area contributed by atoms with Gasteiger partial charge in [-0.2, -0.15) is 5.26 Å². The van der Waals surface area contributed by atoms with Crippen LogP contribution >= 0.6 is 22.6 Å². The molecule has 0 spiro atoms. The van der Waals surface area contributed by atoms with Gasteiger partial charge in [-0.1, -0.05) is 30.3 Å². The van der Waals surface area contributed by atoms with Crippen molar-refractivity contribution in [2.45, 2.75) is 13.2 Å². The number of methoxy groups -OCH3 is 2. The Morgan fingerprint density at radius 1 is 1.12 bits per heavy atom. The molecule has 3 rings (SSSR count). The van der Waals surface area contributed by atoms with Crippen LogP contribution in [0.5, 0.6) is 17.2 Å². The summed E-state index contributed by atoms with van der Waals surface area (Å²) in [5.74, 6) is 0.733. The Labute approximate surface area is 211 Å². The smallest absolute Gasteiger partial charge is 0.262 e. The molecule has 3 aromatic carbocycles. The van der Waals surface area contributed by atoms with Gasteiger partial charge in [-0.05, 0) is 70.1 Å². The molecule has 0 atom stereocenters. The molecule has 0 radical (unpaired) electrons.